The van der Waals surface area contributed by atoms with E-state index in [-0.39, 0.29) is 46.3 Å². The van der Waals surface area contributed by atoms with Crippen LogP contribution in [0.2, 0.25) is 0 Å². The number of hydrogen-bond acceptors (Lipinski definition) is 8. The third-order valence-corrected chi connectivity index (χ3v) is 3.90. The molecule has 0 aromatic heterocycles. The van der Waals surface area contributed by atoms with Crippen molar-refractivity contribution in [3.63, 3.8) is 0 Å². The van der Waals surface area contributed by atoms with Gasteiger partial charge in [-0.2, -0.15) is 5.10 Å². The van der Waals surface area contributed by atoms with Crippen molar-refractivity contribution in [1.82, 2.24) is 4.90 Å². The van der Waals surface area contributed by atoms with E-state index in [2.05, 4.69) is 10.5 Å². The van der Waals surface area contributed by atoms with Gasteiger partial charge in [0.05, 0.1) is 16.8 Å². The molecule has 0 spiro atoms. The number of fused-ring (bicyclic) bond motifs is 1. The van der Waals surface area contributed by atoms with Crippen molar-refractivity contribution < 1.29 is 45.7 Å². The van der Waals surface area contributed by atoms with Crippen LogP contribution in [0.3, 0.4) is 0 Å². The van der Waals surface area contributed by atoms with Gasteiger partial charge >= 0.3 is 29.0 Å². The number of rotatable bonds is 4. The standard InChI is InChI=1S/C18H19N3O6.Cu/c1-9(2)8-21-14(22)10-6-5-7-11(12(10)15(21)23)19-20-13-16(24)26-18(3,4)27-17(13)25;/h5-7,9,19H,8H2,1-4H3;/q;+2. The van der Waals surface area contributed by atoms with Crippen LogP contribution in [0, 0.1) is 5.92 Å². The fraction of sp³-hybridized carbons (Fsp3) is 0.389. The summed E-state index contributed by atoms with van der Waals surface area (Å²) in [4.78, 5) is 50.2. The predicted molar refractivity (Wildman–Crippen MR) is 94.0 cm³/mol. The molecule has 1 N–H and O–H groups in total. The van der Waals surface area contributed by atoms with Gasteiger partial charge in [-0.05, 0) is 18.1 Å². The summed E-state index contributed by atoms with van der Waals surface area (Å²) in [6, 6.07) is 4.64. The number of amides is 2. The first-order valence-electron chi connectivity index (χ1n) is 8.40. The van der Waals surface area contributed by atoms with Gasteiger partial charge in [0.25, 0.3) is 23.3 Å². The number of imide groups is 1. The first kappa shape index (κ1) is 21.6. The second-order valence-corrected chi connectivity index (χ2v) is 7.09. The Morgan fingerprint density at radius 2 is 1.68 bits per heavy atom. The molecule has 0 atom stereocenters. The number of hydrogen-bond donors (Lipinski definition) is 1. The molecule has 151 valence electrons. The molecule has 0 bridgehead atoms. The molecule has 2 heterocycles. The molecular weight excluding hydrogens is 418 g/mol. The first-order chi connectivity index (χ1) is 12.6. The predicted octanol–water partition coefficient (Wildman–Crippen LogP) is 1.54. The van der Waals surface area contributed by atoms with Gasteiger partial charge < -0.3 is 9.47 Å². The molecule has 28 heavy (non-hydrogen) atoms. The van der Waals surface area contributed by atoms with Gasteiger partial charge in [0.2, 0.25) is 0 Å². The van der Waals surface area contributed by atoms with Gasteiger partial charge in [-0.1, -0.05) is 19.9 Å². The summed E-state index contributed by atoms with van der Waals surface area (Å²) in [7, 11) is 0. The normalized spacial score (nSPS) is 17.8. The molecule has 2 aliphatic rings. The number of cyclic esters (lactones) is 2. The van der Waals surface area contributed by atoms with Crippen molar-refractivity contribution in [2.24, 2.45) is 11.0 Å². The summed E-state index contributed by atoms with van der Waals surface area (Å²) in [6.45, 7) is 6.93. The Morgan fingerprint density at radius 1 is 1.07 bits per heavy atom. The summed E-state index contributed by atoms with van der Waals surface area (Å²) < 4.78 is 9.91. The minimum Gasteiger partial charge on any atom is -0.418 e. The van der Waals surface area contributed by atoms with Crippen molar-refractivity contribution in [3.05, 3.63) is 29.3 Å². The average Bonchev–Trinajstić information content (AvgIpc) is 2.78. The number of carbonyl (C=O) groups excluding carboxylic acids is 4. The molecule has 1 radical (unpaired) electrons. The number of ether oxygens (including phenoxy) is 2. The van der Waals surface area contributed by atoms with E-state index in [0.29, 0.717) is 0 Å². The second kappa shape index (κ2) is 7.73. The quantitative estimate of drug-likeness (QED) is 0.329. The number of nitrogens with one attached hydrogen (secondary N) is 1. The fourth-order valence-corrected chi connectivity index (χ4v) is 2.81. The van der Waals surface area contributed by atoms with Crippen LogP contribution in [0.15, 0.2) is 23.3 Å². The summed E-state index contributed by atoms with van der Waals surface area (Å²) in [5, 5.41) is 3.74. The molecular formula is C18H19CuN3O6+2. The third kappa shape index (κ3) is 3.93. The Bertz CT molecular complexity index is 871. The topological polar surface area (TPSA) is 114 Å². The molecule has 0 saturated carbocycles. The van der Waals surface area contributed by atoms with Crippen molar-refractivity contribution in [3.8, 4) is 0 Å². The summed E-state index contributed by atoms with van der Waals surface area (Å²) in [5.41, 5.74) is 2.52. The van der Waals surface area contributed by atoms with Crippen molar-refractivity contribution in [2.75, 3.05) is 12.0 Å². The number of benzene rings is 1. The molecule has 10 heteroatoms. The summed E-state index contributed by atoms with van der Waals surface area (Å²) in [5.74, 6) is -4.00. The van der Waals surface area contributed by atoms with Gasteiger partial charge in [0.15, 0.2) is 0 Å². The maximum Gasteiger partial charge on any atom is 2.00 e. The summed E-state index contributed by atoms with van der Waals surface area (Å²) in [6.07, 6.45) is 0. The van der Waals surface area contributed by atoms with E-state index in [4.69, 9.17) is 9.47 Å². The van der Waals surface area contributed by atoms with E-state index in [1.165, 1.54) is 24.8 Å². The monoisotopic (exact) mass is 436 g/mol. The molecule has 2 aliphatic heterocycles. The molecule has 0 unspecified atom stereocenters. The smallest absolute Gasteiger partial charge is 0.418 e. The number of anilines is 1. The maximum atomic E-state index is 12.7. The maximum absolute atomic E-state index is 12.7. The minimum absolute atomic E-state index is 0. The van der Waals surface area contributed by atoms with Gasteiger partial charge in [0, 0.05) is 20.4 Å². The Kier molecular flexibility index (Phi) is 5.96. The van der Waals surface area contributed by atoms with Crippen LogP contribution in [0.25, 0.3) is 0 Å². The Balaban J connectivity index is 0.00000280. The molecule has 2 amide bonds. The Labute approximate surface area is 171 Å². The molecule has 1 aromatic rings. The second-order valence-electron chi connectivity index (χ2n) is 7.09. The number of esters is 2. The number of hydrazone groups is 1. The van der Waals surface area contributed by atoms with Gasteiger partial charge in [-0.3, -0.25) is 19.9 Å². The third-order valence-electron chi connectivity index (χ3n) is 3.90. The zero-order chi connectivity index (χ0) is 19.9. The van der Waals surface area contributed by atoms with Crippen molar-refractivity contribution >= 4 is 35.2 Å². The number of nitrogens with zero attached hydrogens (tertiary/aromatic N) is 2. The van der Waals surface area contributed by atoms with E-state index in [0.717, 1.165) is 0 Å². The van der Waals surface area contributed by atoms with E-state index >= 15 is 0 Å². The Hall–Kier alpha value is -2.71. The molecule has 1 aromatic carbocycles. The van der Waals surface area contributed by atoms with Crippen LogP contribution < -0.4 is 5.43 Å². The van der Waals surface area contributed by atoms with E-state index in [1.807, 2.05) is 13.8 Å². The molecule has 1 fully saturated rings. The molecule has 9 nitrogen and oxygen atoms in total. The SMILES string of the molecule is CC(C)CN1C(=O)c2cccc(NN=C3C(=O)OC(C)(C)OC3=O)c2C1=O.[Cu+2]. The van der Waals surface area contributed by atoms with Crippen LogP contribution in [0.1, 0.15) is 48.4 Å². The fourth-order valence-electron chi connectivity index (χ4n) is 2.81. The van der Waals surface area contributed by atoms with E-state index in [9.17, 15) is 19.2 Å². The first-order valence-corrected chi connectivity index (χ1v) is 8.40. The molecule has 1 saturated heterocycles. The van der Waals surface area contributed by atoms with Crippen LogP contribution in [0.5, 0.6) is 0 Å². The molecule has 3 rings (SSSR count). The van der Waals surface area contributed by atoms with Gasteiger partial charge in [0.1, 0.15) is 0 Å². The molecule has 0 aliphatic carbocycles. The van der Waals surface area contributed by atoms with Crippen molar-refractivity contribution in [2.45, 2.75) is 33.5 Å². The van der Waals surface area contributed by atoms with Crippen LogP contribution in [-0.4, -0.2) is 46.7 Å². The minimum atomic E-state index is -1.37. The van der Waals surface area contributed by atoms with E-state index < -0.39 is 35.3 Å². The van der Waals surface area contributed by atoms with Crippen LogP contribution >= 0.6 is 0 Å². The van der Waals surface area contributed by atoms with Crippen LogP contribution in [0.4, 0.5) is 5.69 Å². The largest absolute Gasteiger partial charge is 2.00 e. The zero-order valence-corrected chi connectivity index (χ0v) is 16.6. The number of carbonyl (C=O) groups is 4. The van der Waals surface area contributed by atoms with Crippen molar-refractivity contribution in [1.29, 1.82) is 0 Å². The Morgan fingerprint density at radius 3 is 2.25 bits per heavy atom. The summed E-state index contributed by atoms with van der Waals surface area (Å²) >= 11 is 0. The zero-order valence-electron chi connectivity index (χ0n) is 15.7. The average molecular weight is 437 g/mol. The van der Waals surface area contributed by atoms with E-state index in [1.54, 1.807) is 12.1 Å². The van der Waals surface area contributed by atoms with Gasteiger partial charge in [-0.25, -0.2) is 9.59 Å². The van der Waals surface area contributed by atoms with Gasteiger partial charge in [-0.15, -0.1) is 0 Å². The van der Waals surface area contributed by atoms with Crippen LogP contribution in [-0.2, 0) is 36.1 Å².